The molecule has 1 heterocycles. The number of halogens is 2. The number of carbonyl (C=O) groups excluding carboxylic acids is 1. The molecule has 0 spiro atoms. The third kappa shape index (κ3) is 5.49. The fraction of sp³-hybridized carbons (Fsp3) is 0.500. The molecule has 1 rings (SSSR count). The van der Waals surface area contributed by atoms with Crippen LogP contribution in [0, 0.1) is 5.92 Å². The number of nitrogens with two attached hydrogens (primary N) is 1. The second-order valence-corrected chi connectivity index (χ2v) is 8.34. The van der Waals surface area contributed by atoms with Crippen molar-refractivity contribution >= 4 is 66.3 Å². The Bertz CT molecular complexity index is 455. The zero-order valence-corrected chi connectivity index (χ0v) is 15.6. The van der Waals surface area contributed by atoms with E-state index in [0.29, 0.717) is 35.3 Å². The number of nitrogens with zero attached hydrogens (tertiary/aromatic N) is 1. The second-order valence-electron chi connectivity index (χ2n) is 4.59. The first-order chi connectivity index (χ1) is 8.81. The normalized spacial score (nSPS) is 10.8. The Balaban J connectivity index is 2.83. The summed E-state index contributed by atoms with van der Waals surface area (Å²) < 4.78 is 1.83. The molecule has 0 aliphatic heterocycles. The van der Waals surface area contributed by atoms with Gasteiger partial charge >= 0.3 is 0 Å². The lowest BCUT2D eigenvalue weighted by Gasteiger charge is -2.23. The number of rotatable bonds is 6. The first-order valence-corrected chi connectivity index (χ1v) is 8.64. The van der Waals surface area contributed by atoms with Crippen LogP contribution in [0.4, 0.5) is 0 Å². The molecule has 0 saturated heterocycles. The molecule has 0 atom stereocenters. The molecular formula is C12H16Br2N2OS2. The maximum atomic E-state index is 12.5. The van der Waals surface area contributed by atoms with Gasteiger partial charge in [-0.1, -0.05) is 26.1 Å². The summed E-state index contributed by atoms with van der Waals surface area (Å²) in [6, 6.07) is 1.84. The molecule has 0 fully saturated rings. The van der Waals surface area contributed by atoms with E-state index in [4.69, 9.17) is 18.0 Å². The molecule has 3 nitrogen and oxygen atoms in total. The van der Waals surface area contributed by atoms with Gasteiger partial charge in [0.05, 0.1) is 13.7 Å². The van der Waals surface area contributed by atoms with E-state index in [-0.39, 0.29) is 5.91 Å². The molecule has 106 valence electrons. The highest BCUT2D eigenvalue weighted by Gasteiger charge is 2.20. The van der Waals surface area contributed by atoms with Crippen LogP contribution in [-0.2, 0) is 0 Å². The quantitative estimate of drug-likeness (QED) is 0.696. The number of thiophene rings is 1. The number of amides is 1. The summed E-state index contributed by atoms with van der Waals surface area (Å²) in [5.41, 5.74) is 5.52. The molecule has 0 unspecified atom stereocenters. The summed E-state index contributed by atoms with van der Waals surface area (Å²) >= 11 is 13.1. The van der Waals surface area contributed by atoms with E-state index in [2.05, 4.69) is 45.7 Å². The Kier molecular flexibility index (Phi) is 6.93. The highest BCUT2D eigenvalue weighted by atomic mass is 79.9. The van der Waals surface area contributed by atoms with Crippen molar-refractivity contribution in [3.8, 4) is 0 Å². The van der Waals surface area contributed by atoms with E-state index in [1.807, 2.05) is 11.0 Å². The molecule has 1 amide bonds. The molecule has 1 aromatic rings. The maximum Gasteiger partial charge on any atom is 0.264 e. The van der Waals surface area contributed by atoms with Crippen LogP contribution >= 0.6 is 55.4 Å². The zero-order chi connectivity index (χ0) is 14.6. The Labute approximate surface area is 139 Å². The average Bonchev–Trinajstić information content (AvgIpc) is 2.63. The summed E-state index contributed by atoms with van der Waals surface area (Å²) in [5, 5.41) is 0. The van der Waals surface area contributed by atoms with Gasteiger partial charge in [0, 0.05) is 24.0 Å². The smallest absolute Gasteiger partial charge is 0.264 e. The van der Waals surface area contributed by atoms with E-state index in [1.165, 1.54) is 11.3 Å². The zero-order valence-electron chi connectivity index (χ0n) is 10.8. The van der Waals surface area contributed by atoms with Gasteiger partial charge in [-0.25, -0.2) is 0 Å². The lowest BCUT2D eigenvalue weighted by atomic mass is 10.2. The summed E-state index contributed by atoms with van der Waals surface area (Å²) in [7, 11) is 0. The monoisotopic (exact) mass is 426 g/mol. The lowest BCUT2D eigenvalue weighted by molar-refractivity contribution is 0.0746. The van der Waals surface area contributed by atoms with Gasteiger partial charge in [0.2, 0.25) is 0 Å². The largest absolute Gasteiger partial charge is 0.393 e. The van der Waals surface area contributed by atoms with Crippen molar-refractivity contribution in [3.63, 3.8) is 0 Å². The molecule has 0 aliphatic carbocycles. The molecule has 0 radical (unpaired) electrons. The number of thiocarbonyl (C=S) groups is 1. The Morgan fingerprint density at radius 3 is 2.58 bits per heavy atom. The van der Waals surface area contributed by atoms with Crippen molar-refractivity contribution in [1.29, 1.82) is 0 Å². The third-order valence-corrected chi connectivity index (χ3v) is 5.81. The second kappa shape index (κ2) is 7.71. The fourth-order valence-corrected chi connectivity index (χ4v) is 3.66. The van der Waals surface area contributed by atoms with E-state index in [9.17, 15) is 4.79 Å². The number of hydrogen-bond acceptors (Lipinski definition) is 3. The minimum absolute atomic E-state index is 0.0290. The molecule has 7 heteroatoms. The SMILES string of the molecule is CC(C)CN(CCC(N)=S)C(=O)c1cc(Br)c(Br)s1. The molecule has 0 aliphatic rings. The number of carbonyl (C=O) groups is 1. The van der Waals surface area contributed by atoms with Crippen molar-refractivity contribution in [2.75, 3.05) is 13.1 Å². The van der Waals surface area contributed by atoms with Crippen LogP contribution in [0.15, 0.2) is 14.3 Å². The van der Waals surface area contributed by atoms with Crippen LogP contribution in [0.1, 0.15) is 29.9 Å². The van der Waals surface area contributed by atoms with E-state index >= 15 is 0 Å². The van der Waals surface area contributed by atoms with Gasteiger partial charge in [0.15, 0.2) is 0 Å². The highest BCUT2D eigenvalue weighted by molar-refractivity contribution is 9.13. The van der Waals surface area contributed by atoms with Gasteiger partial charge in [0.1, 0.15) is 0 Å². The molecule has 0 bridgehead atoms. The van der Waals surface area contributed by atoms with E-state index in [0.717, 1.165) is 8.26 Å². The third-order valence-electron chi connectivity index (χ3n) is 2.36. The minimum Gasteiger partial charge on any atom is -0.393 e. The van der Waals surface area contributed by atoms with Crippen molar-refractivity contribution in [1.82, 2.24) is 4.90 Å². The maximum absolute atomic E-state index is 12.5. The first-order valence-electron chi connectivity index (χ1n) is 5.83. The summed E-state index contributed by atoms with van der Waals surface area (Å²) in [6.45, 7) is 5.44. The van der Waals surface area contributed by atoms with E-state index < -0.39 is 0 Å². The molecular weight excluding hydrogens is 412 g/mol. The van der Waals surface area contributed by atoms with Crippen LogP contribution in [0.3, 0.4) is 0 Å². The molecule has 2 N–H and O–H groups in total. The van der Waals surface area contributed by atoms with E-state index in [1.54, 1.807) is 0 Å². The predicted molar refractivity (Wildman–Crippen MR) is 91.9 cm³/mol. The van der Waals surface area contributed by atoms with Crippen molar-refractivity contribution in [2.45, 2.75) is 20.3 Å². The van der Waals surface area contributed by atoms with Gasteiger partial charge in [-0.2, -0.15) is 0 Å². The van der Waals surface area contributed by atoms with Gasteiger partial charge < -0.3 is 10.6 Å². The van der Waals surface area contributed by atoms with Crippen molar-refractivity contribution in [3.05, 3.63) is 19.2 Å². The Morgan fingerprint density at radius 2 is 2.16 bits per heavy atom. The molecule has 19 heavy (non-hydrogen) atoms. The van der Waals surface area contributed by atoms with Gasteiger partial charge in [-0.05, 0) is 43.8 Å². The van der Waals surface area contributed by atoms with Crippen LogP contribution in [0.5, 0.6) is 0 Å². The summed E-state index contributed by atoms with van der Waals surface area (Å²) in [6.07, 6.45) is 0.557. The van der Waals surface area contributed by atoms with Crippen LogP contribution in [-0.4, -0.2) is 28.9 Å². The van der Waals surface area contributed by atoms with Crippen molar-refractivity contribution < 1.29 is 4.79 Å². The van der Waals surface area contributed by atoms with Gasteiger partial charge in [-0.3, -0.25) is 4.79 Å². The topological polar surface area (TPSA) is 46.3 Å². The highest BCUT2D eigenvalue weighted by Crippen LogP contribution is 2.33. The van der Waals surface area contributed by atoms with Crippen LogP contribution in [0.25, 0.3) is 0 Å². The average molecular weight is 428 g/mol. The van der Waals surface area contributed by atoms with Gasteiger partial charge in [-0.15, -0.1) is 11.3 Å². The molecule has 0 saturated carbocycles. The lowest BCUT2D eigenvalue weighted by Crippen LogP contribution is -2.36. The standard InChI is InChI=1S/C12H16Br2N2OS2/c1-7(2)6-16(4-3-10(15)18)12(17)9-5-8(13)11(14)19-9/h5,7H,3-4,6H2,1-2H3,(H2,15,18). The first kappa shape index (κ1) is 17.1. The molecule has 0 aromatic carbocycles. The molecule has 1 aromatic heterocycles. The van der Waals surface area contributed by atoms with Crippen LogP contribution < -0.4 is 5.73 Å². The summed E-state index contributed by atoms with van der Waals surface area (Å²) in [4.78, 5) is 15.4. The predicted octanol–water partition coefficient (Wildman–Crippen LogP) is 4.05. The number of hydrogen-bond donors (Lipinski definition) is 1. The van der Waals surface area contributed by atoms with Gasteiger partial charge in [0.25, 0.3) is 5.91 Å². The van der Waals surface area contributed by atoms with Crippen LogP contribution in [0.2, 0.25) is 0 Å². The van der Waals surface area contributed by atoms with Crippen molar-refractivity contribution in [2.24, 2.45) is 11.7 Å². The Hall–Kier alpha value is 0.0200. The minimum atomic E-state index is 0.0290. The fourth-order valence-electron chi connectivity index (χ4n) is 1.57. The Morgan fingerprint density at radius 1 is 1.53 bits per heavy atom. The summed E-state index contributed by atoms with van der Waals surface area (Å²) in [5.74, 6) is 0.434.